The van der Waals surface area contributed by atoms with Crippen molar-refractivity contribution in [1.82, 2.24) is 20.0 Å². The molecule has 8 N–H and O–H groups in total. The van der Waals surface area contributed by atoms with Gasteiger partial charge in [0.05, 0.1) is 37.9 Å². The SMILES string of the molecule is CC(CCC(=O)Nc1ccc(CC(CN2CCN(CC(=O)O)CCN(CC(=O)O)CC2)NCC(=O)O)cc1)[C@H]1CCC2C3C(CC(O)[C@@]21C)[C@@]1(C)CC[C@@H](O)CC1C[C@H]3O. The van der Waals surface area contributed by atoms with E-state index in [9.17, 15) is 49.8 Å². The lowest BCUT2D eigenvalue weighted by Crippen LogP contribution is -2.62. The highest BCUT2D eigenvalue weighted by molar-refractivity contribution is 5.90. The molecule has 5 fully saturated rings. The second-order valence-corrected chi connectivity index (χ2v) is 19.6. The molecule has 0 bridgehead atoms. The fourth-order valence-electron chi connectivity index (χ4n) is 12.7. The molecule has 6 rings (SSSR count). The lowest BCUT2D eigenvalue weighted by Gasteiger charge is -2.63. The van der Waals surface area contributed by atoms with Crippen LogP contribution in [0.1, 0.15) is 84.1 Å². The molecule has 5 aliphatic rings. The number of aliphatic hydroxyl groups is 3. The first kappa shape index (κ1) is 46.3. The fraction of sp³-hybridized carbons (Fsp3) is 0.778. The highest BCUT2D eigenvalue weighted by atomic mass is 16.4. The van der Waals surface area contributed by atoms with E-state index in [1.807, 2.05) is 24.3 Å². The number of aliphatic carboxylic acids is 3. The molecule has 12 atom stereocenters. The largest absolute Gasteiger partial charge is 0.480 e. The maximum absolute atomic E-state index is 13.3. The quantitative estimate of drug-likeness (QED) is 0.120. The summed E-state index contributed by atoms with van der Waals surface area (Å²) in [5, 5.41) is 68.5. The smallest absolute Gasteiger partial charge is 0.317 e. The Labute approximate surface area is 354 Å². The van der Waals surface area contributed by atoms with Gasteiger partial charge in [-0.3, -0.25) is 33.9 Å². The van der Waals surface area contributed by atoms with Crippen LogP contribution in [0.2, 0.25) is 0 Å². The number of benzene rings is 1. The standard InChI is InChI=1S/C45H71N5O10/c1-28(34-9-10-35-43-36(23-38(53)45(34,35)3)44(2)13-12-33(51)21-30(44)22-37(43)52)4-11-39(54)47-31-7-5-29(6-8-31)20-32(46-24-40(55)56)25-48-14-16-49(26-41(57)58)18-19-50(17-15-48)27-42(59)60/h5-8,28,30,32-38,43,46,51-53H,4,9-27H2,1-3H3,(H,47,54)(H,55,56)(H,57,58)(H,59,60)/t28?,30?,32?,33-,34-,35?,36?,37-,38?,43?,44+,45-/m1/s1. The number of anilines is 1. The molecule has 4 saturated carbocycles. The van der Waals surface area contributed by atoms with Gasteiger partial charge in [-0.05, 0) is 122 Å². The van der Waals surface area contributed by atoms with Crippen molar-refractivity contribution in [3.05, 3.63) is 29.8 Å². The van der Waals surface area contributed by atoms with Crippen LogP contribution in [0.25, 0.3) is 0 Å². The minimum Gasteiger partial charge on any atom is -0.480 e. The number of nitrogens with one attached hydrogen (secondary N) is 2. The van der Waals surface area contributed by atoms with Crippen molar-refractivity contribution in [3.8, 4) is 0 Å². The van der Waals surface area contributed by atoms with Crippen LogP contribution in [0.3, 0.4) is 0 Å². The average molecular weight is 842 g/mol. The van der Waals surface area contributed by atoms with Crippen molar-refractivity contribution in [1.29, 1.82) is 0 Å². The van der Waals surface area contributed by atoms with Gasteiger partial charge in [-0.1, -0.05) is 32.9 Å². The number of rotatable bonds is 16. The molecule has 15 nitrogen and oxygen atoms in total. The zero-order valence-corrected chi connectivity index (χ0v) is 35.9. The topological polar surface area (TPSA) is 223 Å². The van der Waals surface area contributed by atoms with Crippen molar-refractivity contribution in [2.45, 2.75) is 109 Å². The molecule has 4 aliphatic carbocycles. The predicted octanol–water partition coefficient (Wildman–Crippen LogP) is 2.68. The maximum atomic E-state index is 13.3. The molecule has 15 heteroatoms. The third-order valence-corrected chi connectivity index (χ3v) is 16.0. The van der Waals surface area contributed by atoms with Crippen molar-refractivity contribution in [2.75, 3.05) is 70.8 Å². The lowest BCUT2D eigenvalue weighted by atomic mass is 9.43. The van der Waals surface area contributed by atoms with Crippen LogP contribution >= 0.6 is 0 Å². The summed E-state index contributed by atoms with van der Waals surface area (Å²) in [6, 6.07) is 7.28. The lowest BCUT2D eigenvalue weighted by molar-refractivity contribution is -0.207. The van der Waals surface area contributed by atoms with E-state index in [4.69, 9.17) is 0 Å². The van der Waals surface area contributed by atoms with Gasteiger partial charge in [0.15, 0.2) is 0 Å². The van der Waals surface area contributed by atoms with E-state index in [1.165, 1.54) is 0 Å². The molecule has 1 saturated heterocycles. The third kappa shape index (κ3) is 10.9. The molecule has 0 radical (unpaired) electrons. The average Bonchev–Trinajstić information content (AvgIpc) is 3.58. The summed E-state index contributed by atoms with van der Waals surface area (Å²) < 4.78 is 0. The number of hydrogen-bond acceptors (Lipinski definition) is 11. The summed E-state index contributed by atoms with van der Waals surface area (Å²) in [6.07, 6.45) is 6.19. The number of hydrogen-bond donors (Lipinski definition) is 8. The van der Waals surface area contributed by atoms with Gasteiger partial charge in [-0.2, -0.15) is 0 Å². The molecule has 0 spiro atoms. The van der Waals surface area contributed by atoms with Crippen LogP contribution in [0, 0.1) is 46.3 Å². The van der Waals surface area contributed by atoms with Crippen molar-refractivity contribution in [2.24, 2.45) is 46.3 Å². The Morgan fingerprint density at radius 2 is 1.40 bits per heavy atom. The Hall–Kier alpha value is -3.18. The molecular formula is C45H71N5O10. The van der Waals surface area contributed by atoms with Crippen LogP contribution in [-0.2, 0) is 25.6 Å². The highest BCUT2D eigenvalue weighted by Crippen LogP contribution is 2.68. The first-order chi connectivity index (χ1) is 28.5. The van der Waals surface area contributed by atoms with Crippen LogP contribution in [0.5, 0.6) is 0 Å². The molecule has 0 aromatic heterocycles. The van der Waals surface area contributed by atoms with Gasteiger partial charge in [0.2, 0.25) is 5.91 Å². The van der Waals surface area contributed by atoms with Gasteiger partial charge in [0.25, 0.3) is 0 Å². The molecule has 336 valence electrons. The van der Waals surface area contributed by atoms with Gasteiger partial charge in [-0.25, -0.2) is 0 Å². The number of carbonyl (C=O) groups excluding carboxylic acids is 1. The molecule has 1 heterocycles. The molecule has 1 amide bonds. The Morgan fingerprint density at radius 3 is 2.00 bits per heavy atom. The number of carbonyl (C=O) groups is 4. The van der Waals surface area contributed by atoms with Gasteiger partial charge >= 0.3 is 17.9 Å². The molecule has 7 unspecified atom stereocenters. The van der Waals surface area contributed by atoms with E-state index < -0.39 is 30.1 Å². The van der Waals surface area contributed by atoms with Gasteiger partial charge in [0.1, 0.15) is 0 Å². The molecule has 1 aromatic carbocycles. The monoisotopic (exact) mass is 842 g/mol. The number of fused-ring (bicyclic) bond motifs is 5. The summed E-state index contributed by atoms with van der Waals surface area (Å²) in [6.45, 7) is 9.63. The number of aliphatic hydroxyl groups excluding tert-OH is 3. The van der Waals surface area contributed by atoms with Gasteiger partial charge < -0.3 is 41.3 Å². The van der Waals surface area contributed by atoms with E-state index in [0.717, 1.165) is 44.1 Å². The van der Waals surface area contributed by atoms with E-state index in [-0.39, 0.29) is 84.0 Å². The summed E-state index contributed by atoms with van der Waals surface area (Å²) in [7, 11) is 0. The van der Waals surface area contributed by atoms with Crippen molar-refractivity contribution < 1.29 is 49.8 Å². The number of amides is 1. The summed E-state index contributed by atoms with van der Waals surface area (Å²) in [4.78, 5) is 53.6. The van der Waals surface area contributed by atoms with E-state index in [2.05, 4.69) is 36.3 Å². The number of carboxylic acid groups (broad SMARTS) is 3. The Kier molecular flexibility index (Phi) is 15.4. The zero-order chi connectivity index (χ0) is 43.4. The minimum absolute atomic E-state index is 0.0274. The Balaban J connectivity index is 1.02. The van der Waals surface area contributed by atoms with Crippen LogP contribution in [0.15, 0.2) is 24.3 Å². The highest BCUT2D eigenvalue weighted by Gasteiger charge is 2.65. The summed E-state index contributed by atoms with van der Waals surface area (Å²) in [5.41, 5.74) is 1.31. The predicted molar refractivity (Wildman–Crippen MR) is 225 cm³/mol. The maximum Gasteiger partial charge on any atom is 0.317 e. The summed E-state index contributed by atoms with van der Waals surface area (Å²) in [5.74, 6) is -1.61. The molecule has 1 aliphatic heterocycles. The normalized spacial score (nSPS) is 35.1. The van der Waals surface area contributed by atoms with Crippen LogP contribution in [0.4, 0.5) is 5.69 Å². The number of nitrogens with zero attached hydrogens (tertiary/aromatic N) is 3. The molecule has 1 aromatic rings. The molecular weight excluding hydrogens is 771 g/mol. The van der Waals surface area contributed by atoms with Crippen LogP contribution in [-0.4, -0.2) is 159 Å². The van der Waals surface area contributed by atoms with Gasteiger partial charge in [-0.15, -0.1) is 0 Å². The Bertz CT molecular complexity index is 1620. The van der Waals surface area contributed by atoms with Crippen molar-refractivity contribution >= 4 is 29.5 Å². The second kappa shape index (κ2) is 19.9. The first-order valence-electron chi connectivity index (χ1n) is 22.4. The fourth-order valence-corrected chi connectivity index (χ4v) is 12.7. The van der Waals surface area contributed by atoms with Gasteiger partial charge in [0, 0.05) is 64.0 Å². The van der Waals surface area contributed by atoms with Crippen molar-refractivity contribution in [3.63, 3.8) is 0 Å². The van der Waals surface area contributed by atoms with Crippen LogP contribution < -0.4 is 10.6 Å². The van der Waals surface area contributed by atoms with E-state index >= 15 is 0 Å². The first-order valence-corrected chi connectivity index (χ1v) is 22.4. The summed E-state index contributed by atoms with van der Waals surface area (Å²) >= 11 is 0. The van der Waals surface area contributed by atoms with E-state index in [1.54, 1.807) is 9.80 Å². The number of carboxylic acids is 3. The third-order valence-electron chi connectivity index (χ3n) is 16.0. The molecule has 60 heavy (non-hydrogen) atoms. The minimum atomic E-state index is -0.987. The Morgan fingerprint density at radius 1 is 0.783 bits per heavy atom. The zero-order valence-electron chi connectivity index (χ0n) is 35.9. The second-order valence-electron chi connectivity index (χ2n) is 19.6. The van der Waals surface area contributed by atoms with E-state index in [0.29, 0.717) is 77.2 Å².